The summed E-state index contributed by atoms with van der Waals surface area (Å²) in [4.78, 5) is 0. The van der Waals surface area contributed by atoms with Crippen LogP contribution in [-0.2, 0) is 18.5 Å². The number of nitrogens with zero attached hydrogens (tertiary/aromatic N) is 4. The summed E-state index contributed by atoms with van der Waals surface area (Å²) >= 11 is 0. The molecule has 2 aromatic heterocycles. The lowest BCUT2D eigenvalue weighted by Crippen LogP contribution is -2.07. The minimum absolute atomic E-state index is 0.00294. The van der Waals surface area contributed by atoms with Gasteiger partial charge >= 0.3 is 18.5 Å². The standard InChI is InChI=1S/C61H35F9N4/c1-34-11-18-45(53(25-34)61(68,69)70)38-14-24-58-52(30-38)48-8-4-6-10-55(48)74(58)57-22-12-36(32-71)27-50(57)49-31-42(17-21-46(49)44-20-16-41(60(65,66)67)28-39(44)33-72)73-54-9-5-3-7-47(54)51-29-37(13-23-56(51)73)43-19-15-40(26-35(43)2)59(62,63)64/h3-31H,1-2H3. The molecule has 0 atom stereocenters. The van der Waals surface area contributed by atoms with Crippen LogP contribution >= 0.6 is 0 Å². The number of hydrogen-bond donors (Lipinski definition) is 0. The van der Waals surface area contributed by atoms with Crippen molar-refractivity contribution in [3.05, 3.63) is 215 Å². The van der Waals surface area contributed by atoms with Crippen LogP contribution in [0.1, 0.15) is 38.9 Å². The molecule has 0 radical (unpaired) electrons. The van der Waals surface area contributed by atoms with E-state index in [2.05, 4.69) is 6.07 Å². The van der Waals surface area contributed by atoms with Crippen LogP contribution in [0.4, 0.5) is 39.5 Å². The fourth-order valence-corrected chi connectivity index (χ4v) is 10.3. The quantitative estimate of drug-likeness (QED) is 0.156. The van der Waals surface area contributed by atoms with Crippen molar-refractivity contribution in [1.82, 2.24) is 9.13 Å². The van der Waals surface area contributed by atoms with E-state index in [-0.39, 0.29) is 22.3 Å². The number of hydrogen-bond acceptors (Lipinski definition) is 2. The summed E-state index contributed by atoms with van der Waals surface area (Å²) in [5.41, 5.74) is 5.18. The molecule has 0 aliphatic rings. The SMILES string of the molecule is Cc1ccc(-c2ccc3c(c2)c2ccccc2n3-c2ccc(C#N)cc2-c2cc(-n3c4ccccc4c4cc(-c5ccc(C(F)(F)F)cc5C)ccc43)ccc2-c2ccc(C(F)(F)F)cc2C#N)c(C(F)(F)F)c1. The van der Waals surface area contributed by atoms with E-state index in [4.69, 9.17) is 0 Å². The molecule has 0 saturated carbocycles. The Balaban J connectivity index is 1.18. The van der Waals surface area contributed by atoms with E-state index in [1.165, 1.54) is 18.2 Å². The molecule has 0 N–H and O–H groups in total. The Morgan fingerprint density at radius 1 is 0.392 bits per heavy atom. The predicted molar refractivity (Wildman–Crippen MR) is 271 cm³/mol. The highest BCUT2D eigenvalue weighted by Crippen LogP contribution is 2.46. The Morgan fingerprint density at radius 2 is 0.946 bits per heavy atom. The first-order valence-corrected chi connectivity index (χ1v) is 23.1. The molecule has 362 valence electrons. The van der Waals surface area contributed by atoms with Crippen molar-refractivity contribution in [3.8, 4) is 68.0 Å². The van der Waals surface area contributed by atoms with Crippen LogP contribution in [0.5, 0.6) is 0 Å². The zero-order valence-corrected chi connectivity index (χ0v) is 38.9. The molecule has 0 unspecified atom stereocenters. The fourth-order valence-electron chi connectivity index (χ4n) is 10.3. The van der Waals surface area contributed by atoms with Gasteiger partial charge in [0.05, 0.1) is 67.7 Å². The molecule has 0 aliphatic heterocycles. The summed E-state index contributed by atoms with van der Waals surface area (Å²) < 4.78 is 131. The number of alkyl halides is 9. The summed E-state index contributed by atoms with van der Waals surface area (Å²) in [6.07, 6.45) is -13.9. The monoisotopic (exact) mass is 994 g/mol. The number of aromatic nitrogens is 2. The Kier molecular flexibility index (Phi) is 11.1. The van der Waals surface area contributed by atoms with Crippen molar-refractivity contribution >= 4 is 43.6 Å². The Hall–Kier alpha value is -9.07. The number of para-hydroxylation sites is 2. The van der Waals surface area contributed by atoms with Gasteiger partial charge in [-0.05, 0) is 150 Å². The van der Waals surface area contributed by atoms with E-state index in [1.54, 1.807) is 68.4 Å². The molecular formula is C61H35F9N4. The highest BCUT2D eigenvalue weighted by molar-refractivity contribution is 6.12. The zero-order chi connectivity index (χ0) is 52.0. The molecule has 0 bridgehead atoms. The number of halogens is 9. The molecule has 0 spiro atoms. The molecule has 9 aromatic carbocycles. The molecule has 0 saturated heterocycles. The third-order valence-corrected chi connectivity index (χ3v) is 13.7. The average Bonchev–Trinajstić information content (AvgIpc) is 3.90. The molecule has 11 aromatic rings. The van der Waals surface area contributed by atoms with Crippen LogP contribution in [-0.4, -0.2) is 9.13 Å². The van der Waals surface area contributed by atoms with Crippen LogP contribution in [0, 0.1) is 36.5 Å². The average molecular weight is 995 g/mol. The first kappa shape index (κ1) is 47.3. The summed E-state index contributed by atoms with van der Waals surface area (Å²) in [7, 11) is 0. The number of benzene rings is 9. The molecule has 0 aliphatic carbocycles. The highest BCUT2D eigenvalue weighted by atomic mass is 19.4. The van der Waals surface area contributed by atoms with E-state index < -0.39 is 35.2 Å². The first-order chi connectivity index (χ1) is 35.3. The summed E-state index contributed by atoms with van der Waals surface area (Å²) in [6, 6.07) is 51.0. The van der Waals surface area contributed by atoms with E-state index in [1.807, 2.05) is 88.0 Å². The Labute approximate surface area is 416 Å². The van der Waals surface area contributed by atoms with Crippen LogP contribution in [0.3, 0.4) is 0 Å². The minimum atomic E-state index is -4.75. The topological polar surface area (TPSA) is 57.4 Å². The van der Waals surface area contributed by atoms with E-state index in [0.717, 1.165) is 52.1 Å². The minimum Gasteiger partial charge on any atom is -0.309 e. The molecule has 74 heavy (non-hydrogen) atoms. The van der Waals surface area contributed by atoms with Gasteiger partial charge in [-0.1, -0.05) is 84.4 Å². The van der Waals surface area contributed by atoms with Gasteiger partial charge in [-0.25, -0.2) is 0 Å². The van der Waals surface area contributed by atoms with Crippen molar-refractivity contribution in [2.45, 2.75) is 32.4 Å². The van der Waals surface area contributed by atoms with E-state index in [9.17, 15) is 50.0 Å². The molecule has 0 fully saturated rings. The lowest BCUT2D eigenvalue weighted by molar-refractivity contribution is -0.138. The fraction of sp³-hybridized carbons (Fsp3) is 0.0820. The second-order valence-corrected chi connectivity index (χ2v) is 18.2. The maximum atomic E-state index is 14.5. The van der Waals surface area contributed by atoms with Crippen molar-refractivity contribution in [2.75, 3.05) is 0 Å². The number of aryl methyl sites for hydroxylation is 2. The third-order valence-electron chi connectivity index (χ3n) is 13.7. The first-order valence-electron chi connectivity index (χ1n) is 23.1. The maximum absolute atomic E-state index is 14.5. The van der Waals surface area contributed by atoms with Gasteiger partial charge in [-0.2, -0.15) is 50.0 Å². The predicted octanol–water partition coefficient (Wildman–Crippen LogP) is 18.0. The lowest BCUT2D eigenvalue weighted by atomic mass is 9.89. The van der Waals surface area contributed by atoms with Crippen LogP contribution in [0.25, 0.3) is 99.5 Å². The number of fused-ring (bicyclic) bond motifs is 6. The second-order valence-electron chi connectivity index (χ2n) is 18.2. The van der Waals surface area contributed by atoms with E-state index >= 15 is 0 Å². The van der Waals surface area contributed by atoms with Crippen molar-refractivity contribution < 1.29 is 39.5 Å². The molecule has 13 heteroatoms. The Bertz CT molecular complexity index is 4210. The second kappa shape index (κ2) is 17.3. The summed E-state index contributed by atoms with van der Waals surface area (Å²) in [5.74, 6) is 0. The normalized spacial score (nSPS) is 12.2. The maximum Gasteiger partial charge on any atom is 0.417 e. The third kappa shape index (κ3) is 7.98. The molecular weight excluding hydrogens is 960 g/mol. The lowest BCUT2D eigenvalue weighted by Gasteiger charge is -2.20. The molecule has 4 nitrogen and oxygen atoms in total. The number of rotatable bonds is 6. The van der Waals surface area contributed by atoms with Crippen molar-refractivity contribution in [1.29, 1.82) is 10.5 Å². The number of nitriles is 2. The van der Waals surface area contributed by atoms with Gasteiger partial charge in [0.15, 0.2) is 0 Å². The van der Waals surface area contributed by atoms with Crippen LogP contribution in [0.2, 0.25) is 0 Å². The Morgan fingerprint density at radius 3 is 1.55 bits per heavy atom. The van der Waals surface area contributed by atoms with Gasteiger partial charge in [0, 0.05) is 38.4 Å². The summed E-state index contributed by atoms with van der Waals surface area (Å²) in [5, 5.41) is 23.9. The molecule has 0 amide bonds. The van der Waals surface area contributed by atoms with Crippen molar-refractivity contribution in [3.63, 3.8) is 0 Å². The van der Waals surface area contributed by atoms with Crippen LogP contribution < -0.4 is 0 Å². The molecule has 11 rings (SSSR count). The largest absolute Gasteiger partial charge is 0.417 e. The van der Waals surface area contributed by atoms with Crippen molar-refractivity contribution in [2.24, 2.45) is 0 Å². The zero-order valence-electron chi connectivity index (χ0n) is 38.9. The van der Waals surface area contributed by atoms with Gasteiger partial charge in [0.25, 0.3) is 0 Å². The van der Waals surface area contributed by atoms with Gasteiger partial charge in [0.2, 0.25) is 0 Å². The molecule has 2 heterocycles. The highest BCUT2D eigenvalue weighted by Gasteiger charge is 2.35. The van der Waals surface area contributed by atoms with E-state index in [0.29, 0.717) is 77.7 Å². The summed E-state index contributed by atoms with van der Waals surface area (Å²) in [6.45, 7) is 3.22. The van der Waals surface area contributed by atoms with Gasteiger partial charge in [0.1, 0.15) is 0 Å². The van der Waals surface area contributed by atoms with Gasteiger partial charge < -0.3 is 9.13 Å². The van der Waals surface area contributed by atoms with Gasteiger partial charge in [-0.3, -0.25) is 0 Å². The van der Waals surface area contributed by atoms with Crippen LogP contribution in [0.15, 0.2) is 176 Å². The smallest absolute Gasteiger partial charge is 0.309 e. The van der Waals surface area contributed by atoms with Gasteiger partial charge in [-0.15, -0.1) is 0 Å².